The molecule has 0 bridgehead atoms. The first-order valence-electron chi connectivity index (χ1n) is 5.18. The first-order chi connectivity index (χ1) is 8.02. The van der Waals surface area contributed by atoms with Crippen molar-refractivity contribution in [3.63, 3.8) is 0 Å². The maximum absolute atomic E-state index is 11.2. The van der Waals surface area contributed by atoms with Gasteiger partial charge >= 0.3 is 12.1 Å². The van der Waals surface area contributed by atoms with Crippen LogP contribution in [0.3, 0.4) is 0 Å². The summed E-state index contributed by atoms with van der Waals surface area (Å²) in [6.45, 7) is 7.88. The highest BCUT2D eigenvalue weighted by molar-refractivity contribution is 5.82. The number of carboxylic acid groups (broad SMARTS) is 1. The molecule has 7 nitrogen and oxygen atoms in total. The Hall–Kier alpha value is -1.76. The van der Waals surface area contributed by atoms with Crippen molar-refractivity contribution in [1.29, 1.82) is 0 Å². The molecule has 7 heteroatoms. The van der Waals surface area contributed by atoms with Crippen LogP contribution in [-0.2, 0) is 24.0 Å². The van der Waals surface area contributed by atoms with E-state index in [0.29, 0.717) is 0 Å². The number of hydrogen-bond acceptors (Lipinski definition) is 6. The number of esters is 1. The Balaban J connectivity index is 4.11. The van der Waals surface area contributed by atoms with Crippen LogP contribution in [0.4, 0.5) is 4.79 Å². The Labute approximate surface area is 105 Å². The van der Waals surface area contributed by atoms with E-state index in [4.69, 9.17) is 14.7 Å². The molecular weight excluding hydrogens is 244 g/mol. The zero-order valence-corrected chi connectivity index (χ0v) is 11.1. The van der Waals surface area contributed by atoms with Crippen LogP contribution in [0.25, 0.3) is 0 Å². The SMILES string of the molecule is CC(C)(C)OOC=CC(=O)OC(C)(C)OC(=O)O. The van der Waals surface area contributed by atoms with Crippen molar-refractivity contribution >= 4 is 12.1 Å². The molecular formula is C11H18O7. The molecule has 0 saturated heterocycles. The normalized spacial score (nSPS) is 12.3. The van der Waals surface area contributed by atoms with Gasteiger partial charge in [0, 0.05) is 13.8 Å². The molecule has 0 spiro atoms. The van der Waals surface area contributed by atoms with Gasteiger partial charge in [0.15, 0.2) is 0 Å². The predicted molar refractivity (Wildman–Crippen MR) is 60.3 cm³/mol. The Kier molecular flexibility index (Phi) is 5.64. The second-order valence-corrected chi connectivity index (χ2v) is 4.78. The van der Waals surface area contributed by atoms with Crippen LogP contribution in [0, 0.1) is 0 Å². The van der Waals surface area contributed by atoms with Crippen LogP contribution in [0.2, 0.25) is 0 Å². The van der Waals surface area contributed by atoms with Crippen LogP contribution >= 0.6 is 0 Å². The van der Waals surface area contributed by atoms with Gasteiger partial charge in [0.25, 0.3) is 5.79 Å². The molecule has 0 aromatic rings. The van der Waals surface area contributed by atoms with Crippen LogP contribution in [0.1, 0.15) is 34.6 Å². The first-order valence-corrected chi connectivity index (χ1v) is 5.18. The summed E-state index contributed by atoms with van der Waals surface area (Å²) in [6, 6.07) is 0. The fourth-order valence-electron chi connectivity index (χ4n) is 0.763. The summed E-state index contributed by atoms with van der Waals surface area (Å²) in [6.07, 6.45) is 0.396. The summed E-state index contributed by atoms with van der Waals surface area (Å²) in [5.41, 5.74) is -0.514. The molecule has 0 aliphatic carbocycles. The summed E-state index contributed by atoms with van der Waals surface area (Å²) in [7, 11) is 0. The lowest BCUT2D eigenvalue weighted by molar-refractivity contribution is -0.310. The fourth-order valence-corrected chi connectivity index (χ4v) is 0.763. The molecule has 1 N–H and O–H groups in total. The largest absolute Gasteiger partial charge is 0.509 e. The third kappa shape index (κ3) is 9.46. The molecule has 0 atom stereocenters. The summed E-state index contributed by atoms with van der Waals surface area (Å²) < 4.78 is 9.05. The van der Waals surface area contributed by atoms with Gasteiger partial charge in [0.05, 0.1) is 6.08 Å². The lowest BCUT2D eigenvalue weighted by Gasteiger charge is -2.22. The van der Waals surface area contributed by atoms with E-state index in [-0.39, 0.29) is 0 Å². The molecule has 0 fully saturated rings. The average molecular weight is 262 g/mol. The van der Waals surface area contributed by atoms with E-state index in [1.165, 1.54) is 13.8 Å². The minimum Gasteiger partial charge on any atom is -0.450 e. The third-order valence-corrected chi connectivity index (χ3v) is 1.24. The molecule has 0 radical (unpaired) electrons. The van der Waals surface area contributed by atoms with Crippen molar-refractivity contribution in [1.82, 2.24) is 0 Å². The van der Waals surface area contributed by atoms with E-state index in [2.05, 4.69) is 9.62 Å². The molecule has 0 heterocycles. The monoisotopic (exact) mass is 262 g/mol. The molecule has 0 rings (SSSR count). The number of ether oxygens (including phenoxy) is 2. The maximum Gasteiger partial charge on any atom is 0.509 e. The quantitative estimate of drug-likeness (QED) is 0.203. The molecule has 0 unspecified atom stereocenters. The second-order valence-electron chi connectivity index (χ2n) is 4.78. The van der Waals surface area contributed by atoms with Crippen LogP contribution < -0.4 is 0 Å². The number of carbonyl (C=O) groups excluding carboxylic acids is 1. The Morgan fingerprint density at radius 3 is 2.06 bits per heavy atom. The third-order valence-electron chi connectivity index (χ3n) is 1.24. The van der Waals surface area contributed by atoms with Crippen molar-refractivity contribution in [2.24, 2.45) is 0 Å². The Morgan fingerprint density at radius 1 is 1.06 bits per heavy atom. The second kappa shape index (κ2) is 6.25. The highest BCUT2D eigenvalue weighted by atomic mass is 17.2. The highest BCUT2D eigenvalue weighted by Gasteiger charge is 2.26. The van der Waals surface area contributed by atoms with Gasteiger partial charge in [-0.15, -0.1) is 0 Å². The summed E-state index contributed by atoms with van der Waals surface area (Å²) >= 11 is 0. The number of rotatable bonds is 5. The smallest absolute Gasteiger partial charge is 0.450 e. The van der Waals surface area contributed by atoms with E-state index in [0.717, 1.165) is 12.3 Å². The average Bonchev–Trinajstić information content (AvgIpc) is 2.07. The molecule has 18 heavy (non-hydrogen) atoms. The van der Waals surface area contributed by atoms with Crippen LogP contribution in [0.15, 0.2) is 12.3 Å². The van der Waals surface area contributed by atoms with E-state index >= 15 is 0 Å². The summed E-state index contributed by atoms with van der Waals surface area (Å²) in [5.74, 6) is -2.39. The van der Waals surface area contributed by atoms with Gasteiger partial charge in [-0.2, -0.15) is 4.89 Å². The van der Waals surface area contributed by atoms with Crippen molar-refractivity contribution in [3.05, 3.63) is 12.3 Å². The molecule has 0 aliphatic rings. The van der Waals surface area contributed by atoms with Crippen molar-refractivity contribution in [2.45, 2.75) is 46.0 Å². The molecule has 0 amide bonds. The topological polar surface area (TPSA) is 91.3 Å². The van der Waals surface area contributed by atoms with Crippen molar-refractivity contribution < 1.29 is 33.9 Å². The van der Waals surface area contributed by atoms with Gasteiger partial charge in [0.2, 0.25) is 0 Å². The van der Waals surface area contributed by atoms with E-state index in [1.54, 1.807) is 20.8 Å². The van der Waals surface area contributed by atoms with Crippen LogP contribution in [0.5, 0.6) is 0 Å². The maximum atomic E-state index is 11.2. The number of carbonyl (C=O) groups is 2. The lowest BCUT2D eigenvalue weighted by atomic mass is 10.2. The van der Waals surface area contributed by atoms with Crippen molar-refractivity contribution in [2.75, 3.05) is 0 Å². The van der Waals surface area contributed by atoms with Gasteiger partial charge in [-0.05, 0) is 20.8 Å². The molecule has 104 valence electrons. The standard InChI is InChI=1S/C11H18O7/c1-10(2,3)18-15-7-6-8(12)16-11(4,5)17-9(13)14/h6-7H,1-5H3,(H,13,14). The predicted octanol–water partition coefficient (Wildman–Crippen LogP) is 2.22. The molecule has 0 saturated carbocycles. The molecule has 0 aliphatic heterocycles. The van der Waals surface area contributed by atoms with E-state index < -0.39 is 23.5 Å². The van der Waals surface area contributed by atoms with Crippen LogP contribution in [-0.4, -0.2) is 28.6 Å². The number of hydrogen-bond donors (Lipinski definition) is 1. The van der Waals surface area contributed by atoms with Crippen molar-refractivity contribution in [3.8, 4) is 0 Å². The zero-order valence-electron chi connectivity index (χ0n) is 11.1. The van der Waals surface area contributed by atoms with E-state index in [9.17, 15) is 9.59 Å². The fraction of sp³-hybridized carbons (Fsp3) is 0.636. The van der Waals surface area contributed by atoms with Gasteiger partial charge in [-0.25, -0.2) is 9.59 Å². The Morgan fingerprint density at radius 2 is 1.61 bits per heavy atom. The molecule has 0 aromatic heterocycles. The lowest BCUT2D eigenvalue weighted by Crippen LogP contribution is -2.32. The summed E-state index contributed by atoms with van der Waals surface area (Å²) in [5, 5.41) is 8.39. The highest BCUT2D eigenvalue weighted by Crippen LogP contribution is 2.12. The minimum absolute atomic E-state index is 0.514. The van der Waals surface area contributed by atoms with E-state index in [1.807, 2.05) is 0 Å². The minimum atomic E-state index is -1.57. The van der Waals surface area contributed by atoms with Gasteiger partial charge < -0.3 is 19.5 Å². The first kappa shape index (κ1) is 16.2. The van der Waals surface area contributed by atoms with Gasteiger partial charge in [-0.3, -0.25) is 0 Å². The van der Waals surface area contributed by atoms with Gasteiger partial charge in [0.1, 0.15) is 11.9 Å². The molecule has 0 aromatic carbocycles. The summed E-state index contributed by atoms with van der Waals surface area (Å²) in [4.78, 5) is 31.0. The Bertz CT molecular complexity index is 325. The van der Waals surface area contributed by atoms with Gasteiger partial charge in [-0.1, -0.05) is 0 Å². The zero-order chi connectivity index (χ0) is 14.4.